The summed E-state index contributed by atoms with van der Waals surface area (Å²) in [7, 11) is -3.31. The van der Waals surface area contributed by atoms with E-state index in [-0.39, 0.29) is 22.7 Å². The van der Waals surface area contributed by atoms with E-state index in [0.717, 1.165) is 11.8 Å². The summed E-state index contributed by atoms with van der Waals surface area (Å²) in [5.74, 6) is -0.538. The second kappa shape index (κ2) is 6.93. The Morgan fingerprint density at radius 2 is 1.92 bits per heavy atom. The summed E-state index contributed by atoms with van der Waals surface area (Å²) in [6.45, 7) is 1.68. The number of nitrogens with one attached hydrogen (secondary N) is 1. The van der Waals surface area contributed by atoms with Crippen molar-refractivity contribution in [1.29, 1.82) is 0 Å². The Kier molecular flexibility index (Phi) is 4.87. The highest BCUT2D eigenvalue weighted by Gasteiger charge is 2.29. The van der Waals surface area contributed by atoms with E-state index in [1.165, 1.54) is 36.4 Å². The van der Waals surface area contributed by atoms with Gasteiger partial charge < -0.3 is 10.2 Å². The first-order valence-electron chi connectivity index (χ1n) is 7.93. The molecular weight excluding hydrogens is 343 g/mol. The Hall–Kier alpha value is -2.25. The SMILES string of the molecule is CS(=O)(=O)c1ccc(C(=O)N2CCNCC2c2cccc(F)c2)cc1. The molecule has 1 amide bonds. The fourth-order valence-corrected chi connectivity index (χ4v) is 3.60. The largest absolute Gasteiger partial charge is 0.329 e. The number of sulfone groups is 1. The van der Waals surface area contributed by atoms with Crippen LogP contribution in [0.25, 0.3) is 0 Å². The summed E-state index contributed by atoms with van der Waals surface area (Å²) in [4.78, 5) is 14.8. The average Bonchev–Trinajstić information content (AvgIpc) is 2.60. The highest BCUT2D eigenvalue weighted by molar-refractivity contribution is 7.90. The van der Waals surface area contributed by atoms with Gasteiger partial charge in [-0.1, -0.05) is 12.1 Å². The molecule has 5 nitrogen and oxygen atoms in total. The Labute approximate surface area is 146 Å². The number of benzene rings is 2. The van der Waals surface area contributed by atoms with Crippen LogP contribution in [0.4, 0.5) is 4.39 Å². The van der Waals surface area contributed by atoms with Gasteiger partial charge in [0.2, 0.25) is 0 Å². The van der Waals surface area contributed by atoms with Gasteiger partial charge in [0, 0.05) is 31.5 Å². The highest BCUT2D eigenvalue weighted by atomic mass is 32.2. The van der Waals surface area contributed by atoms with Crippen LogP contribution in [0.3, 0.4) is 0 Å². The number of nitrogens with zero attached hydrogens (tertiary/aromatic N) is 1. The van der Waals surface area contributed by atoms with Gasteiger partial charge in [-0.25, -0.2) is 12.8 Å². The first-order valence-corrected chi connectivity index (χ1v) is 9.83. The molecule has 1 aliphatic rings. The van der Waals surface area contributed by atoms with Crippen molar-refractivity contribution < 1.29 is 17.6 Å². The van der Waals surface area contributed by atoms with Crippen LogP contribution in [0.1, 0.15) is 22.0 Å². The number of hydrogen-bond acceptors (Lipinski definition) is 4. The van der Waals surface area contributed by atoms with Gasteiger partial charge in [0.25, 0.3) is 5.91 Å². The molecule has 1 atom stereocenters. The molecule has 0 radical (unpaired) electrons. The summed E-state index contributed by atoms with van der Waals surface area (Å²) >= 11 is 0. The maximum absolute atomic E-state index is 13.5. The van der Waals surface area contributed by atoms with Crippen LogP contribution in [0.15, 0.2) is 53.4 Å². The average molecular weight is 362 g/mol. The first-order chi connectivity index (χ1) is 11.9. The van der Waals surface area contributed by atoms with Gasteiger partial charge in [-0.05, 0) is 42.0 Å². The van der Waals surface area contributed by atoms with Crippen LogP contribution in [-0.4, -0.2) is 45.1 Å². The number of halogens is 1. The van der Waals surface area contributed by atoms with Crippen molar-refractivity contribution in [3.8, 4) is 0 Å². The molecular formula is C18H19FN2O3S. The lowest BCUT2D eigenvalue weighted by atomic mass is 10.0. The molecule has 3 rings (SSSR count). The van der Waals surface area contributed by atoms with Crippen molar-refractivity contribution in [2.75, 3.05) is 25.9 Å². The molecule has 1 unspecified atom stereocenters. The third kappa shape index (κ3) is 3.88. The number of hydrogen-bond donors (Lipinski definition) is 1. The van der Waals surface area contributed by atoms with E-state index < -0.39 is 9.84 Å². The van der Waals surface area contributed by atoms with Crippen LogP contribution in [0.2, 0.25) is 0 Å². The van der Waals surface area contributed by atoms with Crippen LogP contribution in [0.5, 0.6) is 0 Å². The van der Waals surface area contributed by atoms with Crippen molar-refractivity contribution in [1.82, 2.24) is 10.2 Å². The van der Waals surface area contributed by atoms with Crippen molar-refractivity contribution >= 4 is 15.7 Å². The molecule has 2 aromatic rings. The van der Waals surface area contributed by atoms with Gasteiger partial charge in [0.05, 0.1) is 10.9 Å². The Bertz CT molecular complexity index is 881. The molecule has 1 N–H and O–H groups in total. The number of piperazine rings is 1. The molecule has 2 aromatic carbocycles. The zero-order chi connectivity index (χ0) is 18.0. The monoisotopic (exact) mass is 362 g/mol. The van der Waals surface area contributed by atoms with E-state index in [2.05, 4.69) is 5.32 Å². The molecule has 0 bridgehead atoms. The molecule has 1 fully saturated rings. The molecule has 0 saturated carbocycles. The molecule has 1 heterocycles. The van der Waals surface area contributed by atoms with Crippen LogP contribution in [-0.2, 0) is 9.84 Å². The lowest BCUT2D eigenvalue weighted by Gasteiger charge is -2.36. The van der Waals surface area contributed by atoms with Crippen molar-refractivity contribution in [2.45, 2.75) is 10.9 Å². The minimum absolute atomic E-state index is 0.172. The minimum Gasteiger partial charge on any atom is -0.329 e. The van der Waals surface area contributed by atoms with Crippen LogP contribution in [0, 0.1) is 5.82 Å². The van der Waals surface area contributed by atoms with E-state index in [0.29, 0.717) is 25.2 Å². The van der Waals surface area contributed by atoms with Crippen LogP contribution < -0.4 is 5.32 Å². The molecule has 0 aliphatic carbocycles. The molecule has 0 spiro atoms. The summed E-state index contributed by atoms with van der Waals surface area (Å²) in [5.41, 5.74) is 1.14. The van der Waals surface area contributed by atoms with Gasteiger partial charge in [-0.2, -0.15) is 0 Å². The van der Waals surface area contributed by atoms with Crippen molar-refractivity contribution in [2.24, 2.45) is 0 Å². The third-order valence-electron chi connectivity index (χ3n) is 4.27. The summed E-state index contributed by atoms with van der Waals surface area (Å²) in [6, 6.07) is 11.9. The lowest BCUT2D eigenvalue weighted by Crippen LogP contribution is -2.48. The summed E-state index contributed by atoms with van der Waals surface area (Å²) in [6.07, 6.45) is 1.13. The molecule has 25 heavy (non-hydrogen) atoms. The summed E-state index contributed by atoms with van der Waals surface area (Å²) in [5, 5.41) is 3.22. The van der Waals surface area contributed by atoms with E-state index in [9.17, 15) is 17.6 Å². The molecule has 132 valence electrons. The second-order valence-corrected chi connectivity index (χ2v) is 8.09. The molecule has 1 aliphatic heterocycles. The smallest absolute Gasteiger partial charge is 0.254 e. The fourth-order valence-electron chi connectivity index (χ4n) is 2.97. The topological polar surface area (TPSA) is 66.5 Å². The summed E-state index contributed by atoms with van der Waals surface area (Å²) < 4.78 is 36.6. The predicted octanol–water partition coefficient (Wildman–Crippen LogP) is 2.02. The van der Waals surface area contributed by atoms with Gasteiger partial charge in [0.1, 0.15) is 5.82 Å². The van der Waals surface area contributed by atoms with Gasteiger partial charge in [-0.15, -0.1) is 0 Å². The highest BCUT2D eigenvalue weighted by Crippen LogP contribution is 2.25. The molecule has 0 aromatic heterocycles. The number of rotatable bonds is 3. The lowest BCUT2D eigenvalue weighted by molar-refractivity contribution is 0.0634. The maximum atomic E-state index is 13.5. The fraction of sp³-hybridized carbons (Fsp3) is 0.278. The van der Waals surface area contributed by atoms with Crippen molar-refractivity contribution in [3.05, 3.63) is 65.5 Å². The standard InChI is InChI=1S/C18H19FN2O3S/c1-25(23,24)16-7-5-13(6-8-16)18(22)21-10-9-20-12-17(21)14-3-2-4-15(19)11-14/h2-8,11,17,20H,9-10,12H2,1H3. The zero-order valence-electron chi connectivity index (χ0n) is 13.8. The minimum atomic E-state index is -3.31. The predicted molar refractivity (Wildman–Crippen MR) is 92.6 cm³/mol. The van der Waals surface area contributed by atoms with Gasteiger partial charge in [-0.3, -0.25) is 4.79 Å². The number of carbonyl (C=O) groups excluding carboxylic acids is 1. The number of amides is 1. The Balaban J connectivity index is 1.88. The maximum Gasteiger partial charge on any atom is 0.254 e. The molecule has 7 heteroatoms. The van der Waals surface area contributed by atoms with E-state index in [4.69, 9.17) is 0 Å². The Morgan fingerprint density at radius 3 is 2.56 bits per heavy atom. The third-order valence-corrected chi connectivity index (χ3v) is 5.40. The van der Waals surface area contributed by atoms with E-state index in [1.807, 2.05) is 0 Å². The Morgan fingerprint density at radius 1 is 1.20 bits per heavy atom. The van der Waals surface area contributed by atoms with Gasteiger partial charge >= 0.3 is 0 Å². The quantitative estimate of drug-likeness (QED) is 0.907. The second-order valence-electron chi connectivity index (χ2n) is 6.07. The first kappa shape index (κ1) is 17.6. The normalized spacial score (nSPS) is 18.2. The van der Waals surface area contributed by atoms with Crippen LogP contribution >= 0.6 is 0 Å². The zero-order valence-corrected chi connectivity index (χ0v) is 14.6. The molecule has 1 saturated heterocycles. The van der Waals surface area contributed by atoms with Gasteiger partial charge in [0.15, 0.2) is 9.84 Å². The van der Waals surface area contributed by atoms with E-state index in [1.54, 1.807) is 17.0 Å². The van der Waals surface area contributed by atoms with Crippen molar-refractivity contribution in [3.63, 3.8) is 0 Å². The van der Waals surface area contributed by atoms with E-state index >= 15 is 0 Å². The number of carbonyl (C=O) groups is 1.